The fourth-order valence-electron chi connectivity index (χ4n) is 2.60. The first-order chi connectivity index (χ1) is 9.92. The molecule has 0 saturated carbocycles. The average Bonchev–Trinajstić information content (AvgIpc) is 3.17. The van der Waals surface area contributed by atoms with E-state index in [1.54, 1.807) is 11.3 Å². The van der Waals surface area contributed by atoms with Gasteiger partial charge in [0, 0.05) is 29.4 Å². The van der Waals surface area contributed by atoms with Crippen molar-refractivity contribution in [3.05, 3.63) is 58.9 Å². The van der Waals surface area contributed by atoms with Gasteiger partial charge in [0.05, 0.1) is 5.69 Å². The van der Waals surface area contributed by atoms with E-state index in [2.05, 4.69) is 51.0 Å². The molecule has 0 amide bonds. The van der Waals surface area contributed by atoms with Crippen LogP contribution < -0.4 is 4.90 Å². The summed E-state index contributed by atoms with van der Waals surface area (Å²) < 4.78 is 0. The van der Waals surface area contributed by atoms with Crippen molar-refractivity contribution in [2.75, 3.05) is 11.4 Å². The van der Waals surface area contributed by atoms with E-state index < -0.39 is 0 Å². The van der Waals surface area contributed by atoms with Gasteiger partial charge in [-0.2, -0.15) is 11.3 Å². The third-order valence-corrected chi connectivity index (χ3v) is 4.27. The smallest absolute Gasteiger partial charge is 0.230 e. The Morgan fingerprint density at radius 2 is 2.05 bits per heavy atom. The highest BCUT2D eigenvalue weighted by atomic mass is 32.1. The van der Waals surface area contributed by atoms with E-state index in [0.717, 1.165) is 30.2 Å². The summed E-state index contributed by atoms with van der Waals surface area (Å²) in [5.41, 5.74) is 4.75. The average molecular weight is 279 g/mol. The molecule has 0 spiro atoms. The van der Waals surface area contributed by atoms with Crippen molar-refractivity contribution in [2.45, 2.75) is 6.42 Å². The molecule has 0 bridgehead atoms. The van der Waals surface area contributed by atoms with Gasteiger partial charge in [-0.25, -0.2) is 9.97 Å². The minimum atomic E-state index is 0.790. The Morgan fingerprint density at radius 3 is 2.95 bits per heavy atom. The van der Waals surface area contributed by atoms with Crippen LogP contribution in [0.4, 0.5) is 11.6 Å². The van der Waals surface area contributed by atoms with Crippen LogP contribution in [0.2, 0.25) is 0 Å². The summed E-state index contributed by atoms with van der Waals surface area (Å²) in [4.78, 5) is 11.4. The van der Waals surface area contributed by atoms with E-state index in [-0.39, 0.29) is 0 Å². The second kappa shape index (κ2) is 4.72. The lowest BCUT2D eigenvalue weighted by Crippen LogP contribution is -2.16. The number of rotatable bonds is 2. The van der Waals surface area contributed by atoms with Gasteiger partial charge in [0.15, 0.2) is 0 Å². The fraction of sp³-hybridized carbons (Fsp3) is 0.125. The topological polar surface area (TPSA) is 29.0 Å². The lowest BCUT2D eigenvalue weighted by Gasteiger charge is -2.17. The molecule has 1 aliphatic heterocycles. The molecule has 3 heterocycles. The van der Waals surface area contributed by atoms with Crippen molar-refractivity contribution in [1.82, 2.24) is 9.97 Å². The number of hydrogen-bond acceptors (Lipinski definition) is 4. The molecule has 4 heteroatoms. The molecule has 2 aromatic heterocycles. The van der Waals surface area contributed by atoms with Crippen molar-refractivity contribution in [3.8, 4) is 11.3 Å². The highest BCUT2D eigenvalue weighted by Crippen LogP contribution is 2.33. The predicted octanol–water partition coefficient (Wildman–Crippen LogP) is 3.90. The van der Waals surface area contributed by atoms with Crippen LogP contribution in [-0.4, -0.2) is 16.5 Å². The van der Waals surface area contributed by atoms with Crippen LogP contribution in [-0.2, 0) is 6.42 Å². The molecule has 1 aliphatic rings. The molecule has 0 N–H and O–H groups in total. The van der Waals surface area contributed by atoms with E-state index in [0.29, 0.717) is 0 Å². The van der Waals surface area contributed by atoms with Crippen molar-refractivity contribution in [2.24, 2.45) is 0 Å². The maximum absolute atomic E-state index is 4.72. The summed E-state index contributed by atoms with van der Waals surface area (Å²) in [5.74, 6) is 0.790. The Labute approximate surface area is 121 Å². The molecular formula is C16H13N3S. The predicted molar refractivity (Wildman–Crippen MR) is 82.5 cm³/mol. The van der Waals surface area contributed by atoms with E-state index >= 15 is 0 Å². The Bertz CT molecular complexity index is 737. The van der Waals surface area contributed by atoms with Crippen LogP contribution in [0.1, 0.15) is 5.56 Å². The molecule has 0 radical (unpaired) electrons. The minimum absolute atomic E-state index is 0.790. The third-order valence-electron chi connectivity index (χ3n) is 3.59. The monoisotopic (exact) mass is 279 g/mol. The van der Waals surface area contributed by atoms with Gasteiger partial charge in [-0.15, -0.1) is 0 Å². The molecule has 3 nitrogen and oxygen atoms in total. The molecule has 3 aromatic rings. The molecule has 4 rings (SSSR count). The number of nitrogens with zero attached hydrogens (tertiary/aromatic N) is 3. The molecule has 20 heavy (non-hydrogen) atoms. The highest BCUT2D eigenvalue weighted by Gasteiger charge is 2.21. The van der Waals surface area contributed by atoms with Crippen LogP contribution in [0.15, 0.2) is 53.4 Å². The summed E-state index contributed by atoms with van der Waals surface area (Å²) in [6.07, 6.45) is 2.90. The number of fused-ring (bicyclic) bond motifs is 1. The van der Waals surface area contributed by atoms with Gasteiger partial charge in [-0.05, 0) is 35.6 Å². The van der Waals surface area contributed by atoms with Crippen molar-refractivity contribution in [1.29, 1.82) is 0 Å². The summed E-state index contributed by atoms with van der Waals surface area (Å²) in [6, 6.07) is 12.5. The second-order valence-electron chi connectivity index (χ2n) is 4.78. The maximum atomic E-state index is 4.72. The zero-order valence-electron chi connectivity index (χ0n) is 10.9. The first-order valence-electron chi connectivity index (χ1n) is 6.63. The van der Waals surface area contributed by atoms with Crippen LogP contribution in [0, 0.1) is 0 Å². The molecule has 0 unspecified atom stereocenters. The van der Waals surface area contributed by atoms with Gasteiger partial charge in [0.2, 0.25) is 5.95 Å². The van der Waals surface area contributed by atoms with Crippen LogP contribution in [0.25, 0.3) is 11.3 Å². The number of benzene rings is 1. The SMILES string of the molecule is c1ccc2c(c1)CCN2c1nccc(-c2ccsc2)n1. The zero-order chi connectivity index (χ0) is 13.4. The van der Waals surface area contributed by atoms with Gasteiger partial charge in [-0.1, -0.05) is 18.2 Å². The summed E-state index contributed by atoms with van der Waals surface area (Å²) in [5, 5.41) is 4.19. The number of aromatic nitrogens is 2. The van der Waals surface area contributed by atoms with Crippen LogP contribution >= 0.6 is 11.3 Å². The minimum Gasteiger partial charge on any atom is -0.310 e. The molecule has 0 aliphatic carbocycles. The summed E-state index contributed by atoms with van der Waals surface area (Å²) >= 11 is 1.69. The number of para-hydroxylation sites is 1. The molecular weight excluding hydrogens is 266 g/mol. The number of anilines is 2. The molecule has 0 atom stereocenters. The largest absolute Gasteiger partial charge is 0.310 e. The van der Waals surface area contributed by atoms with Gasteiger partial charge < -0.3 is 4.90 Å². The Morgan fingerprint density at radius 1 is 1.10 bits per heavy atom. The molecule has 98 valence electrons. The first-order valence-corrected chi connectivity index (χ1v) is 7.57. The van der Waals surface area contributed by atoms with Gasteiger partial charge in [0.25, 0.3) is 0 Å². The standard InChI is InChI=1S/C16H13N3S/c1-2-4-15-12(3-1)6-9-19(15)16-17-8-5-14(18-16)13-7-10-20-11-13/h1-5,7-8,10-11H,6,9H2. The van der Waals surface area contributed by atoms with E-state index in [4.69, 9.17) is 4.98 Å². The second-order valence-corrected chi connectivity index (χ2v) is 5.56. The van der Waals surface area contributed by atoms with Crippen molar-refractivity contribution in [3.63, 3.8) is 0 Å². The van der Waals surface area contributed by atoms with Gasteiger partial charge in [-0.3, -0.25) is 0 Å². The van der Waals surface area contributed by atoms with E-state index in [9.17, 15) is 0 Å². The molecule has 0 saturated heterocycles. The fourth-order valence-corrected chi connectivity index (χ4v) is 3.25. The maximum Gasteiger partial charge on any atom is 0.230 e. The lowest BCUT2D eigenvalue weighted by molar-refractivity contribution is 0.941. The van der Waals surface area contributed by atoms with Crippen LogP contribution in [0.5, 0.6) is 0 Å². The van der Waals surface area contributed by atoms with Gasteiger partial charge >= 0.3 is 0 Å². The number of hydrogen-bond donors (Lipinski definition) is 0. The quantitative estimate of drug-likeness (QED) is 0.712. The molecule has 0 fully saturated rings. The van der Waals surface area contributed by atoms with E-state index in [1.165, 1.54) is 11.3 Å². The Balaban J connectivity index is 1.76. The van der Waals surface area contributed by atoms with Crippen LogP contribution in [0.3, 0.4) is 0 Å². The molecule has 1 aromatic carbocycles. The lowest BCUT2D eigenvalue weighted by atomic mass is 10.2. The zero-order valence-corrected chi connectivity index (χ0v) is 11.7. The third kappa shape index (κ3) is 1.89. The van der Waals surface area contributed by atoms with E-state index in [1.807, 2.05) is 12.3 Å². The Kier molecular flexibility index (Phi) is 2.74. The summed E-state index contributed by atoms with van der Waals surface area (Å²) in [6.45, 7) is 0.951. The number of thiophene rings is 1. The summed E-state index contributed by atoms with van der Waals surface area (Å²) in [7, 11) is 0. The first kappa shape index (κ1) is 11.6. The van der Waals surface area contributed by atoms with Crippen molar-refractivity contribution >= 4 is 23.0 Å². The van der Waals surface area contributed by atoms with Gasteiger partial charge in [0.1, 0.15) is 0 Å². The normalized spacial score (nSPS) is 13.5. The van der Waals surface area contributed by atoms with Crippen molar-refractivity contribution < 1.29 is 0 Å². The highest BCUT2D eigenvalue weighted by molar-refractivity contribution is 7.08. The Hall–Kier alpha value is -2.20.